The second kappa shape index (κ2) is 10.3. The van der Waals surface area contributed by atoms with Gasteiger partial charge in [-0.1, -0.05) is 127 Å². The number of benzene rings is 6. The van der Waals surface area contributed by atoms with Crippen molar-refractivity contribution in [3.05, 3.63) is 168 Å². The highest BCUT2D eigenvalue weighted by molar-refractivity contribution is 6.23. The Morgan fingerprint density at radius 3 is 1.88 bits per heavy atom. The van der Waals surface area contributed by atoms with Crippen LogP contribution in [-0.4, -0.2) is 11.5 Å². The quantitative estimate of drug-likeness (QED) is 0.201. The first-order chi connectivity index (χ1) is 21.2. The maximum atomic E-state index is 6.42. The lowest BCUT2D eigenvalue weighted by Crippen LogP contribution is -2.07. The van der Waals surface area contributed by atoms with Gasteiger partial charge in [0.05, 0.1) is 5.71 Å². The molecule has 0 N–H and O–H groups in total. The Bertz CT molecular complexity index is 2320. The fourth-order valence-electron chi connectivity index (χ4n) is 5.97. The third kappa shape index (κ3) is 4.40. The van der Waals surface area contributed by atoms with Gasteiger partial charge in [-0.3, -0.25) is 0 Å². The molecule has 0 bridgehead atoms. The number of nitrogens with zero attached hydrogens (tertiary/aromatic N) is 2. The molecule has 0 spiro atoms. The number of rotatable bonds is 4. The summed E-state index contributed by atoms with van der Waals surface area (Å²) in [5.41, 5.74) is 13.1. The topological polar surface area (TPSA) is 37.9 Å². The second-order valence-electron chi connectivity index (χ2n) is 10.7. The van der Waals surface area contributed by atoms with Crippen LogP contribution in [0.1, 0.15) is 23.6 Å². The Labute approximate surface area is 249 Å². The second-order valence-corrected chi connectivity index (χ2v) is 10.7. The standard InChI is InChI=1S/C40H26N2O/c1-26-24-34(33-19-11-21-36-38(33)37-32(18-10-20-35(37)43-36)28-13-4-2-5-14-28)41-40(29-15-6-3-7-16-29)42-39(26)31-23-22-27-12-8-9-17-30(27)25-31/h2-23,25H,1H3. The van der Waals surface area contributed by atoms with Crippen molar-refractivity contribution in [1.82, 2.24) is 0 Å². The molecule has 1 aliphatic heterocycles. The lowest BCUT2D eigenvalue weighted by atomic mass is 9.96. The zero-order valence-electron chi connectivity index (χ0n) is 23.6. The van der Waals surface area contributed by atoms with Crippen LogP contribution in [0, 0.1) is 0 Å². The first kappa shape index (κ1) is 25.0. The first-order valence-electron chi connectivity index (χ1n) is 14.4. The predicted molar refractivity (Wildman–Crippen MR) is 179 cm³/mol. The molecule has 3 nitrogen and oxygen atoms in total. The third-order valence-electron chi connectivity index (χ3n) is 8.01. The molecule has 6 aromatic carbocycles. The molecule has 0 atom stereocenters. The predicted octanol–water partition coefficient (Wildman–Crippen LogP) is 10.2. The summed E-state index contributed by atoms with van der Waals surface area (Å²) < 4.78 is 6.42. The summed E-state index contributed by atoms with van der Waals surface area (Å²) in [6.45, 7) is 2.07. The van der Waals surface area contributed by atoms with E-state index in [4.69, 9.17) is 14.4 Å². The number of hydrogen-bond acceptors (Lipinski definition) is 3. The average Bonchev–Trinajstić information content (AvgIpc) is 3.36. The van der Waals surface area contributed by atoms with Crippen molar-refractivity contribution in [2.45, 2.75) is 6.92 Å². The van der Waals surface area contributed by atoms with Gasteiger partial charge in [0.1, 0.15) is 16.9 Å². The molecular weight excluding hydrogens is 524 g/mol. The summed E-state index contributed by atoms with van der Waals surface area (Å²) in [6, 6.07) is 47.9. The summed E-state index contributed by atoms with van der Waals surface area (Å²) in [7, 11) is 0. The van der Waals surface area contributed by atoms with E-state index in [1.807, 2.05) is 42.5 Å². The minimum atomic E-state index is 0.649. The summed E-state index contributed by atoms with van der Waals surface area (Å²) in [4.78, 5) is 10.4. The van der Waals surface area contributed by atoms with Crippen LogP contribution in [0.3, 0.4) is 0 Å². The van der Waals surface area contributed by atoms with Crippen LogP contribution < -0.4 is 0 Å². The van der Waals surface area contributed by atoms with Crippen molar-refractivity contribution >= 4 is 50.0 Å². The highest BCUT2D eigenvalue weighted by Gasteiger charge is 2.20. The minimum absolute atomic E-state index is 0.649. The molecule has 7 aromatic rings. The molecule has 0 fully saturated rings. The van der Waals surface area contributed by atoms with E-state index < -0.39 is 0 Å². The number of amidine groups is 1. The monoisotopic (exact) mass is 550 g/mol. The molecule has 1 aliphatic rings. The summed E-state index contributed by atoms with van der Waals surface area (Å²) in [6.07, 6.45) is 0. The van der Waals surface area contributed by atoms with Gasteiger partial charge in [0, 0.05) is 33.0 Å². The number of allylic oxidation sites excluding steroid dienone is 1. The maximum Gasteiger partial charge on any atom is 0.161 e. The van der Waals surface area contributed by atoms with E-state index in [-0.39, 0.29) is 0 Å². The van der Waals surface area contributed by atoms with Gasteiger partial charge in [-0.25, -0.2) is 9.98 Å². The molecule has 202 valence electrons. The third-order valence-corrected chi connectivity index (χ3v) is 8.01. The number of aliphatic imine (C=N–C) groups is 2. The van der Waals surface area contributed by atoms with Crippen LogP contribution in [0.4, 0.5) is 0 Å². The molecule has 0 saturated carbocycles. The van der Waals surface area contributed by atoms with E-state index >= 15 is 0 Å². The zero-order chi connectivity index (χ0) is 28.8. The van der Waals surface area contributed by atoms with Gasteiger partial charge in [-0.2, -0.15) is 0 Å². The van der Waals surface area contributed by atoms with E-state index in [2.05, 4.69) is 110 Å². The van der Waals surface area contributed by atoms with E-state index in [1.165, 1.54) is 10.8 Å². The van der Waals surface area contributed by atoms with Crippen LogP contribution in [0.25, 0.3) is 49.5 Å². The highest BCUT2D eigenvalue weighted by Crippen LogP contribution is 2.40. The minimum Gasteiger partial charge on any atom is -0.456 e. The molecule has 2 heterocycles. The van der Waals surface area contributed by atoms with E-state index in [0.29, 0.717) is 5.84 Å². The van der Waals surface area contributed by atoms with Gasteiger partial charge >= 0.3 is 0 Å². The molecule has 3 heteroatoms. The van der Waals surface area contributed by atoms with Crippen molar-refractivity contribution < 1.29 is 4.42 Å². The van der Waals surface area contributed by atoms with Crippen molar-refractivity contribution in [3.63, 3.8) is 0 Å². The molecule has 0 amide bonds. The molecule has 1 aromatic heterocycles. The Morgan fingerprint density at radius 2 is 1.14 bits per heavy atom. The van der Waals surface area contributed by atoms with Crippen molar-refractivity contribution in [2.24, 2.45) is 9.98 Å². The van der Waals surface area contributed by atoms with E-state index in [0.717, 1.165) is 66.7 Å². The van der Waals surface area contributed by atoms with Crippen LogP contribution in [0.15, 0.2) is 165 Å². The van der Waals surface area contributed by atoms with Crippen molar-refractivity contribution in [1.29, 1.82) is 0 Å². The van der Waals surface area contributed by atoms with Gasteiger partial charge < -0.3 is 4.42 Å². The zero-order valence-corrected chi connectivity index (χ0v) is 23.6. The SMILES string of the molecule is CC1=C=C(c2cccc3oc4cccc(-c5ccccc5)c4c23)N=C(c2ccccc2)N=C1c1ccc2ccccc2c1. The lowest BCUT2D eigenvalue weighted by Gasteiger charge is -2.08. The Hall–Kier alpha value is -5.76. The van der Waals surface area contributed by atoms with Crippen LogP contribution in [0.2, 0.25) is 0 Å². The fraction of sp³-hybridized carbons (Fsp3) is 0.0250. The Morgan fingerprint density at radius 1 is 0.512 bits per heavy atom. The maximum absolute atomic E-state index is 6.42. The molecule has 0 saturated heterocycles. The lowest BCUT2D eigenvalue weighted by molar-refractivity contribution is 0.669. The summed E-state index contributed by atoms with van der Waals surface area (Å²) in [5.74, 6) is 0.649. The van der Waals surface area contributed by atoms with E-state index in [1.54, 1.807) is 0 Å². The molecule has 43 heavy (non-hydrogen) atoms. The molecule has 8 rings (SSSR count). The van der Waals surface area contributed by atoms with Crippen LogP contribution in [0.5, 0.6) is 0 Å². The largest absolute Gasteiger partial charge is 0.456 e. The van der Waals surface area contributed by atoms with Gasteiger partial charge in [0.25, 0.3) is 0 Å². The highest BCUT2D eigenvalue weighted by atomic mass is 16.3. The molecule has 0 unspecified atom stereocenters. The van der Waals surface area contributed by atoms with Gasteiger partial charge in [0.2, 0.25) is 0 Å². The molecule has 0 radical (unpaired) electrons. The van der Waals surface area contributed by atoms with Crippen molar-refractivity contribution in [3.8, 4) is 11.1 Å². The van der Waals surface area contributed by atoms with Gasteiger partial charge in [-0.15, -0.1) is 0 Å². The Balaban J connectivity index is 1.41. The summed E-state index contributed by atoms with van der Waals surface area (Å²) in [5, 5.41) is 4.47. The average molecular weight is 551 g/mol. The summed E-state index contributed by atoms with van der Waals surface area (Å²) >= 11 is 0. The van der Waals surface area contributed by atoms with Gasteiger partial charge in [0.15, 0.2) is 5.84 Å². The Kier molecular flexibility index (Phi) is 5.96. The molecule has 0 aliphatic carbocycles. The first-order valence-corrected chi connectivity index (χ1v) is 14.4. The smallest absolute Gasteiger partial charge is 0.161 e. The fourth-order valence-corrected chi connectivity index (χ4v) is 5.97. The normalized spacial score (nSPS) is 13.4. The van der Waals surface area contributed by atoms with Crippen LogP contribution in [-0.2, 0) is 0 Å². The van der Waals surface area contributed by atoms with Crippen molar-refractivity contribution in [2.75, 3.05) is 0 Å². The van der Waals surface area contributed by atoms with E-state index in [9.17, 15) is 0 Å². The molecular formula is C40H26N2O. The number of fused-ring (bicyclic) bond motifs is 4. The number of hydrogen-bond donors (Lipinski definition) is 0. The van der Waals surface area contributed by atoms with Gasteiger partial charge in [-0.05, 0) is 47.0 Å². The number of furan rings is 1. The van der Waals surface area contributed by atoms with Crippen LogP contribution >= 0.6 is 0 Å².